The molecule has 1 atom stereocenters. The number of aliphatic imine (C=N–C) groups is 1. The first-order chi connectivity index (χ1) is 10.6. The van der Waals surface area contributed by atoms with Crippen molar-refractivity contribution in [2.45, 2.75) is 26.9 Å². The summed E-state index contributed by atoms with van der Waals surface area (Å²) in [6.07, 6.45) is 0.536. The minimum atomic E-state index is -0.934. The summed E-state index contributed by atoms with van der Waals surface area (Å²) in [5.74, 6) is 0.229. The molecule has 0 amide bonds. The number of nitrogens with one attached hydrogen (secondary N) is 2. The van der Waals surface area contributed by atoms with Gasteiger partial charge in [0.15, 0.2) is 0 Å². The Balaban J connectivity index is 2.02. The van der Waals surface area contributed by atoms with Crippen LogP contribution in [0.15, 0.2) is 17.4 Å². The third-order valence-electron chi connectivity index (χ3n) is 3.01. The zero-order valence-corrected chi connectivity index (χ0v) is 12.4. The summed E-state index contributed by atoms with van der Waals surface area (Å²) in [5.41, 5.74) is 4.73. The minimum absolute atomic E-state index is 0.266. The van der Waals surface area contributed by atoms with Crippen molar-refractivity contribution < 1.29 is 9.53 Å². The summed E-state index contributed by atoms with van der Waals surface area (Å²) in [7, 11) is 0. The predicted octanol–water partition coefficient (Wildman–Crippen LogP) is -0.146. The van der Waals surface area contributed by atoms with Gasteiger partial charge in [-0.25, -0.2) is 19.1 Å². The SMILES string of the molecule is CCOC(=O)C1N=C(n2nc(C)cc2C)Nn2cnnc2N1. The second-order valence-electron chi connectivity index (χ2n) is 4.73. The Morgan fingerprint density at radius 1 is 1.45 bits per heavy atom. The maximum absolute atomic E-state index is 12.0. The van der Waals surface area contributed by atoms with Gasteiger partial charge >= 0.3 is 5.97 Å². The highest BCUT2D eigenvalue weighted by molar-refractivity contribution is 5.93. The normalized spacial score (nSPS) is 16.9. The quantitative estimate of drug-likeness (QED) is 0.742. The number of carbonyl (C=O) groups excluding carboxylic acids is 1. The van der Waals surface area contributed by atoms with E-state index in [2.05, 4.69) is 31.0 Å². The van der Waals surface area contributed by atoms with Crippen molar-refractivity contribution in [3.05, 3.63) is 23.8 Å². The van der Waals surface area contributed by atoms with Crippen LogP contribution in [0.2, 0.25) is 0 Å². The Hall–Kier alpha value is -2.91. The fourth-order valence-electron chi connectivity index (χ4n) is 2.11. The smallest absolute Gasteiger partial charge is 0.351 e. The number of hydrogen-bond donors (Lipinski definition) is 2. The minimum Gasteiger partial charge on any atom is -0.463 e. The van der Waals surface area contributed by atoms with E-state index in [0.29, 0.717) is 11.9 Å². The number of fused-ring (bicyclic) bond motifs is 1. The zero-order chi connectivity index (χ0) is 15.7. The lowest BCUT2D eigenvalue weighted by molar-refractivity contribution is -0.143. The van der Waals surface area contributed by atoms with Gasteiger partial charge in [-0.2, -0.15) is 5.10 Å². The van der Waals surface area contributed by atoms with E-state index in [4.69, 9.17) is 4.74 Å². The highest BCUT2D eigenvalue weighted by Gasteiger charge is 2.26. The van der Waals surface area contributed by atoms with E-state index in [9.17, 15) is 4.79 Å². The maximum Gasteiger partial charge on any atom is 0.351 e. The van der Waals surface area contributed by atoms with Crippen molar-refractivity contribution in [2.75, 3.05) is 17.3 Å². The molecule has 3 heterocycles. The molecule has 1 aliphatic heterocycles. The van der Waals surface area contributed by atoms with E-state index < -0.39 is 12.1 Å². The molecule has 0 bridgehead atoms. The van der Waals surface area contributed by atoms with Gasteiger partial charge < -0.3 is 10.1 Å². The maximum atomic E-state index is 12.0. The van der Waals surface area contributed by atoms with Crippen LogP contribution in [0, 0.1) is 13.8 Å². The first-order valence-electron chi connectivity index (χ1n) is 6.80. The molecule has 0 aliphatic carbocycles. The van der Waals surface area contributed by atoms with Crippen molar-refractivity contribution in [3.63, 3.8) is 0 Å². The summed E-state index contributed by atoms with van der Waals surface area (Å²) in [6.45, 7) is 5.78. The average Bonchev–Trinajstić information content (AvgIpc) is 2.99. The van der Waals surface area contributed by atoms with Crippen LogP contribution in [-0.2, 0) is 9.53 Å². The fourth-order valence-corrected chi connectivity index (χ4v) is 2.11. The molecular weight excluding hydrogens is 288 g/mol. The van der Waals surface area contributed by atoms with Crippen molar-refractivity contribution >= 4 is 17.9 Å². The molecule has 0 aromatic carbocycles. The molecule has 1 aliphatic rings. The number of hydrogen-bond acceptors (Lipinski definition) is 8. The Labute approximate surface area is 126 Å². The Kier molecular flexibility index (Phi) is 3.49. The van der Waals surface area contributed by atoms with Crippen LogP contribution in [0.1, 0.15) is 18.3 Å². The van der Waals surface area contributed by atoms with Gasteiger partial charge in [-0.05, 0) is 26.8 Å². The van der Waals surface area contributed by atoms with Crippen LogP contribution < -0.4 is 10.7 Å². The number of carbonyl (C=O) groups is 1. The number of aromatic nitrogens is 5. The summed E-state index contributed by atoms with van der Waals surface area (Å²) >= 11 is 0. The monoisotopic (exact) mass is 304 g/mol. The lowest BCUT2D eigenvalue weighted by atomic mass is 10.4. The second kappa shape index (κ2) is 5.47. The number of esters is 1. The van der Waals surface area contributed by atoms with Crippen LogP contribution in [0.4, 0.5) is 5.95 Å². The summed E-state index contributed by atoms with van der Waals surface area (Å²) in [6, 6.07) is 1.91. The average molecular weight is 304 g/mol. The molecule has 0 saturated heterocycles. The van der Waals surface area contributed by atoms with Crippen molar-refractivity contribution in [1.82, 2.24) is 24.7 Å². The van der Waals surface area contributed by atoms with Gasteiger partial charge in [-0.1, -0.05) is 0 Å². The van der Waals surface area contributed by atoms with E-state index in [1.807, 2.05) is 19.9 Å². The standard InChI is InChI=1S/C12H16N8O2/c1-4-22-10(21)9-14-11-16-13-6-19(11)18-12(15-9)20-8(3)5-7(2)17-20/h5-6,9H,4H2,1-3H3,(H,14,16)(H,15,18). The molecule has 0 radical (unpaired) electrons. The molecule has 3 rings (SSSR count). The van der Waals surface area contributed by atoms with Crippen molar-refractivity contribution in [1.29, 1.82) is 0 Å². The third kappa shape index (κ3) is 2.50. The molecule has 2 aromatic heterocycles. The predicted molar refractivity (Wildman–Crippen MR) is 78.0 cm³/mol. The summed E-state index contributed by atoms with van der Waals surface area (Å²) in [4.78, 5) is 16.4. The molecule has 10 heteroatoms. The van der Waals surface area contributed by atoms with Gasteiger partial charge in [0.05, 0.1) is 12.3 Å². The van der Waals surface area contributed by atoms with E-state index in [0.717, 1.165) is 11.4 Å². The first-order valence-corrected chi connectivity index (χ1v) is 6.80. The number of nitrogens with zero attached hydrogens (tertiary/aromatic N) is 6. The third-order valence-corrected chi connectivity index (χ3v) is 3.01. The van der Waals surface area contributed by atoms with Gasteiger partial charge in [0.2, 0.25) is 18.1 Å². The molecular formula is C12H16N8O2. The van der Waals surface area contributed by atoms with Gasteiger partial charge in [0.1, 0.15) is 6.33 Å². The van der Waals surface area contributed by atoms with Gasteiger partial charge in [0, 0.05) is 5.69 Å². The molecule has 10 nitrogen and oxygen atoms in total. The number of aryl methyl sites for hydroxylation is 2. The molecule has 2 N–H and O–H groups in total. The largest absolute Gasteiger partial charge is 0.463 e. The Bertz CT molecular complexity index is 731. The van der Waals surface area contributed by atoms with E-state index in [-0.39, 0.29) is 6.61 Å². The molecule has 0 fully saturated rings. The molecule has 2 aromatic rings. The molecule has 0 spiro atoms. The molecule has 1 unspecified atom stereocenters. The highest BCUT2D eigenvalue weighted by Crippen LogP contribution is 2.11. The van der Waals surface area contributed by atoms with Crippen LogP contribution in [-0.4, -0.2) is 49.4 Å². The summed E-state index contributed by atoms with van der Waals surface area (Å²) in [5, 5.41) is 14.9. The van der Waals surface area contributed by atoms with Crippen LogP contribution >= 0.6 is 0 Å². The van der Waals surface area contributed by atoms with Crippen molar-refractivity contribution in [3.8, 4) is 0 Å². The molecule has 22 heavy (non-hydrogen) atoms. The van der Waals surface area contributed by atoms with Gasteiger partial charge in [0.25, 0.3) is 0 Å². The van der Waals surface area contributed by atoms with E-state index in [1.54, 1.807) is 11.6 Å². The van der Waals surface area contributed by atoms with E-state index >= 15 is 0 Å². The zero-order valence-electron chi connectivity index (χ0n) is 12.4. The Morgan fingerprint density at radius 3 is 2.95 bits per heavy atom. The fraction of sp³-hybridized carbons (Fsp3) is 0.417. The lowest BCUT2D eigenvalue weighted by Crippen LogP contribution is -2.33. The van der Waals surface area contributed by atoms with Crippen LogP contribution in [0.3, 0.4) is 0 Å². The van der Waals surface area contributed by atoms with Crippen LogP contribution in [0.5, 0.6) is 0 Å². The van der Waals surface area contributed by atoms with Crippen molar-refractivity contribution in [2.24, 2.45) is 4.99 Å². The number of ether oxygens (including phenoxy) is 1. The second-order valence-corrected chi connectivity index (χ2v) is 4.73. The number of rotatable bonds is 2. The summed E-state index contributed by atoms with van der Waals surface area (Å²) < 4.78 is 8.16. The number of anilines is 1. The first kappa shape index (κ1) is 14.0. The van der Waals surface area contributed by atoms with Gasteiger partial charge in [-0.15, -0.1) is 10.2 Å². The molecule has 116 valence electrons. The van der Waals surface area contributed by atoms with E-state index in [1.165, 1.54) is 11.0 Å². The molecule has 0 saturated carbocycles. The van der Waals surface area contributed by atoms with Crippen LogP contribution in [0.25, 0.3) is 0 Å². The Morgan fingerprint density at radius 2 is 2.27 bits per heavy atom. The lowest BCUT2D eigenvalue weighted by Gasteiger charge is -2.11. The van der Waals surface area contributed by atoms with Gasteiger partial charge in [-0.3, -0.25) is 5.43 Å². The highest BCUT2D eigenvalue weighted by atomic mass is 16.5. The topological polar surface area (TPSA) is 111 Å².